The number of rotatable bonds is 6. The number of hydrogen-bond donors (Lipinski definition) is 1. The van der Waals surface area contributed by atoms with Crippen LogP contribution in [-0.2, 0) is 4.74 Å². The summed E-state index contributed by atoms with van der Waals surface area (Å²) in [6, 6.07) is 6.43. The number of carbonyl (C=O) groups excluding carboxylic acids is 1. The monoisotopic (exact) mass is 363 g/mol. The number of amides is 1. The molecule has 2 rings (SSSR count). The Morgan fingerprint density at radius 3 is 2.54 bits per heavy atom. The molecule has 1 atom stereocenters. The molecular weight excluding hydrogens is 334 g/mol. The Balaban J connectivity index is 1.70. The lowest BCUT2D eigenvalue weighted by atomic mass is 9.94. The van der Waals surface area contributed by atoms with Crippen molar-refractivity contribution in [2.45, 2.75) is 52.1 Å². The lowest BCUT2D eigenvalue weighted by Crippen LogP contribution is -2.42. The third kappa shape index (κ3) is 6.58. The molecule has 26 heavy (non-hydrogen) atoms. The zero-order chi connectivity index (χ0) is 19.2. The van der Waals surface area contributed by atoms with Crippen LogP contribution in [0.3, 0.4) is 0 Å². The molecular formula is C20H29NO5. The SMILES string of the molecule is CC(C)(C)OC(=O)N1CCCC(CCCOc2ccc(C(=O)O)cc2)C1. The summed E-state index contributed by atoms with van der Waals surface area (Å²) in [6.45, 7) is 7.72. The lowest BCUT2D eigenvalue weighted by molar-refractivity contribution is 0.0159. The number of likely N-dealkylation sites (tertiary alicyclic amines) is 1. The number of nitrogens with zero attached hydrogens (tertiary/aromatic N) is 1. The Morgan fingerprint density at radius 2 is 1.92 bits per heavy atom. The van der Waals surface area contributed by atoms with Crippen molar-refractivity contribution in [3.63, 3.8) is 0 Å². The number of carboxylic acids is 1. The van der Waals surface area contributed by atoms with E-state index in [0.29, 0.717) is 18.3 Å². The second-order valence-electron chi connectivity index (χ2n) is 7.75. The van der Waals surface area contributed by atoms with E-state index in [0.717, 1.165) is 38.8 Å². The van der Waals surface area contributed by atoms with Gasteiger partial charge in [-0.3, -0.25) is 0 Å². The lowest BCUT2D eigenvalue weighted by Gasteiger charge is -2.34. The molecule has 0 aromatic heterocycles. The maximum absolute atomic E-state index is 12.2. The standard InChI is InChI=1S/C20H29NO5/c1-20(2,3)26-19(24)21-12-4-6-15(14-21)7-5-13-25-17-10-8-16(9-11-17)18(22)23/h8-11,15H,4-7,12-14H2,1-3H3,(H,22,23). The quantitative estimate of drug-likeness (QED) is 0.767. The van der Waals surface area contributed by atoms with Gasteiger partial charge < -0.3 is 19.5 Å². The Bertz CT molecular complexity index is 606. The molecule has 1 fully saturated rings. The van der Waals surface area contributed by atoms with Gasteiger partial charge in [0.15, 0.2) is 0 Å². The number of piperidine rings is 1. The highest BCUT2D eigenvalue weighted by atomic mass is 16.6. The molecule has 0 saturated carbocycles. The summed E-state index contributed by atoms with van der Waals surface area (Å²) in [5, 5.41) is 8.88. The van der Waals surface area contributed by atoms with Crippen molar-refractivity contribution in [1.29, 1.82) is 0 Å². The maximum atomic E-state index is 12.2. The molecule has 1 saturated heterocycles. The van der Waals surface area contributed by atoms with E-state index < -0.39 is 11.6 Å². The molecule has 144 valence electrons. The number of aromatic carboxylic acids is 1. The van der Waals surface area contributed by atoms with Crippen LogP contribution in [0.15, 0.2) is 24.3 Å². The van der Waals surface area contributed by atoms with Crippen LogP contribution in [-0.4, -0.2) is 47.4 Å². The third-order valence-corrected chi connectivity index (χ3v) is 4.30. The molecule has 1 unspecified atom stereocenters. The Hall–Kier alpha value is -2.24. The number of hydrogen-bond acceptors (Lipinski definition) is 4. The summed E-state index contributed by atoms with van der Waals surface area (Å²) in [5.41, 5.74) is -0.213. The fraction of sp³-hybridized carbons (Fsp3) is 0.600. The molecule has 1 heterocycles. The summed E-state index contributed by atoms with van der Waals surface area (Å²) in [5.74, 6) is 0.201. The molecule has 1 amide bonds. The van der Waals surface area contributed by atoms with Crippen LogP contribution in [0.1, 0.15) is 56.8 Å². The normalized spacial score (nSPS) is 17.7. The average molecular weight is 363 g/mol. The Morgan fingerprint density at radius 1 is 1.23 bits per heavy atom. The highest BCUT2D eigenvalue weighted by Gasteiger charge is 2.27. The second-order valence-corrected chi connectivity index (χ2v) is 7.75. The summed E-state index contributed by atoms with van der Waals surface area (Å²) in [4.78, 5) is 24.8. The van der Waals surface area contributed by atoms with Crippen molar-refractivity contribution >= 4 is 12.1 Å². The van der Waals surface area contributed by atoms with Gasteiger partial charge in [0, 0.05) is 13.1 Å². The summed E-state index contributed by atoms with van der Waals surface area (Å²) < 4.78 is 11.1. The molecule has 1 aromatic rings. The van der Waals surface area contributed by atoms with Crippen molar-refractivity contribution in [3.05, 3.63) is 29.8 Å². The van der Waals surface area contributed by atoms with E-state index in [-0.39, 0.29) is 11.7 Å². The molecule has 1 aromatic carbocycles. The van der Waals surface area contributed by atoms with Crippen molar-refractivity contribution in [1.82, 2.24) is 4.90 Å². The summed E-state index contributed by atoms with van der Waals surface area (Å²) in [6.07, 6.45) is 3.78. The van der Waals surface area contributed by atoms with Crippen LogP contribution in [0, 0.1) is 5.92 Å². The first-order valence-corrected chi connectivity index (χ1v) is 9.19. The van der Waals surface area contributed by atoms with Gasteiger partial charge in [0.2, 0.25) is 0 Å². The molecule has 1 aliphatic rings. The van der Waals surface area contributed by atoms with Gasteiger partial charge in [0.1, 0.15) is 11.4 Å². The minimum Gasteiger partial charge on any atom is -0.494 e. The minimum absolute atomic E-state index is 0.225. The predicted octanol–water partition coefficient (Wildman–Crippen LogP) is 4.19. The van der Waals surface area contributed by atoms with Crippen LogP contribution in [0.5, 0.6) is 5.75 Å². The summed E-state index contributed by atoms with van der Waals surface area (Å²) >= 11 is 0. The third-order valence-electron chi connectivity index (χ3n) is 4.30. The molecule has 0 bridgehead atoms. The Labute approximate surface area is 155 Å². The Kier molecular flexibility index (Phi) is 6.89. The number of ether oxygens (including phenoxy) is 2. The largest absolute Gasteiger partial charge is 0.494 e. The van der Waals surface area contributed by atoms with Crippen molar-refractivity contribution in [2.75, 3.05) is 19.7 Å². The zero-order valence-corrected chi connectivity index (χ0v) is 15.9. The molecule has 0 aliphatic carbocycles. The van der Waals surface area contributed by atoms with Gasteiger partial charge in [0.25, 0.3) is 0 Å². The predicted molar refractivity (Wildman–Crippen MR) is 98.7 cm³/mol. The van der Waals surface area contributed by atoms with Crippen LogP contribution in [0.4, 0.5) is 4.79 Å². The molecule has 1 aliphatic heterocycles. The van der Waals surface area contributed by atoms with Crippen LogP contribution in [0.2, 0.25) is 0 Å². The van der Waals surface area contributed by atoms with E-state index in [1.54, 1.807) is 12.1 Å². The van der Waals surface area contributed by atoms with Crippen LogP contribution < -0.4 is 4.74 Å². The van der Waals surface area contributed by atoms with Crippen LogP contribution >= 0.6 is 0 Å². The van der Waals surface area contributed by atoms with Crippen molar-refractivity contribution in [2.24, 2.45) is 5.92 Å². The first-order chi connectivity index (χ1) is 12.2. The van der Waals surface area contributed by atoms with E-state index in [2.05, 4.69) is 0 Å². The van der Waals surface area contributed by atoms with Gasteiger partial charge >= 0.3 is 12.1 Å². The maximum Gasteiger partial charge on any atom is 0.410 e. The van der Waals surface area contributed by atoms with Gasteiger partial charge in [-0.15, -0.1) is 0 Å². The number of carbonyl (C=O) groups is 2. The zero-order valence-electron chi connectivity index (χ0n) is 15.9. The highest BCUT2D eigenvalue weighted by molar-refractivity contribution is 5.87. The van der Waals surface area contributed by atoms with Gasteiger partial charge in [-0.2, -0.15) is 0 Å². The molecule has 1 N–H and O–H groups in total. The first kappa shape index (κ1) is 20.1. The van der Waals surface area contributed by atoms with Gasteiger partial charge in [-0.25, -0.2) is 9.59 Å². The minimum atomic E-state index is -0.941. The fourth-order valence-corrected chi connectivity index (χ4v) is 3.05. The highest BCUT2D eigenvalue weighted by Crippen LogP contribution is 2.23. The first-order valence-electron chi connectivity index (χ1n) is 9.19. The average Bonchev–Trinajstić information content (AvgIpc) is 2.58. The topological polar surface area (TPSA) is 76.1 Å². The van der Waals surface area contributed by atoms with Crippen molar-refractivity contribution < 1.29 is 24.2 Å². The van der Waals surface area contributed by atoms with Crippen molar-refractivity contribution in [3.8, 4) is 5.75 Å². The van der Waals surface area contributed by atoms with E-state index >= 15 is 0 Å². The molecule has 6 nitrogen and oxygen atoms in total. The van der Waals surface area contributed by atoms with Crippen LogP contribution in [0.25, 0.3) is 0 Å². The molecule has 0 radical (unpaired) electrons. The number of carboxylic acid groups (broad SMARTS) is 1. The molecule has 6 heteroatoms. The van der Waals surface area contributed by atoms with Gasteiger partial charge in [-0.1, -0.05) is 0 Å². The second kappa shape index (κ2) is 8.92. The fourth-order valence-electron chi connectivity index (χ4n) is 3.05. The van der Waals surface area contributed by atoms with E-state index in [4.69, 9.17) is 14.6 Å². The van der Waals surface area contributed by atoms with E-state index in [1.165, 1.54) is 12.1 Å². The van der Waals surface area contributed by atoms with Gasteiger partial charge in [-0.05, 0) is 76.6 Å². The van der Waals surface area contributed by atoms with Gasteiger partial charge in [0.05, 0.1) is 12.2 Å². The number of benzene rings is 1. The van der Waals surface area contributed by atoms with E-state index in [1.807, 2.05) is 25.7 Å². The van der Waals surface area contributed by atoms with E-state index in [9.17, 15) is 9.59 Å². The molecule has 0 spiro atoms. The smallest absolute Gasteiger partial charge is 0.410 e. The summed E-state index contributed by atoms with van der Waals surface area (Å²) in [7, 11) is 0.